The predicted molar refractivity (Wildman–Crippen MR) is 132 cm³/mol. The van der Waals surface area contributed by atoms with E-state index in [1.807, 2.05) is 18.4 Å². The number of carbonyl (C=O) groups is 1. The van der Waals surface area contributed by atoms with Crippen molar-refractivity contribution < 1.29 is 22.5 Å². The summed E-state index contributed by atoms with van der Waals surface area (Å²) in [6, 6.07) is 12.2. The number of benzene rings is 2. The number of amides is 1. The number of nitrogens with zero attached hydrogens (tertiary/aromatic N) is 3. The van der Waals surface area contributed by atoms with Crippen LogP contribution in [0.1, 0.15) is 16.0 Å². The minimum atomic E-state index is -4.14. The van der Waals surface area contributed by atoms with Crippen molar-refractivity contribution in [2.75, 3.05) is 13.1 Å². The van der Waals surface area contributed by atoms with Gasteiger partial charge in [0.1, 0.15) is 5.82 Å². The van der Waals surface area contributed by atoms with Gasteiger partial charge < -0.3 is 4.90 Å². The summed E-state index contributed by atoms with van der Waals surface area (Å²) in [6.07, 6.45) is 1.37. The van der Waals surface area contributed by atoms with E-state index in [4.69, 9.17) is 0 Å². The molecule has 184 valence electrons. The third-order valence-corrected chi connectivity index (χ3v) is 8.11. The summed E-state index contributed by atoms with van der Waals surface area (Å²) in [5.41, 5.74) is 1.46. The van der Waals surface area contributed by atoms with Gasteiger partial charge in [0.25, 0.3) is 5.69 Å². The first kappa shape index (κ1) is 26.2. The molecule has 0 radical (unpaired) electrons. The van der Waals surface area contributed by atoms with Gasteiger partial charge in [-0.15, -0.1) is 17.9 Å². The molecule has 11 heteroatoms. The quantitative estimate of drug-likeness (QED) is 0.212. The Labute approximate surface area is 207 Å². The molecule has 0 atom stereocenters. The Kier molecular flexibility index (Phi) is 8.49. The van der Waals surface area contributed by atoms with Gasteiger partial charge in [0, 0.05) is 30.1 Å². The van der Waals surface area contributed by atoms with E-state index in [0.29, 0.717) is 5.56 Å². The standard InChI is InChI=1S/C24H24FN3O5S2/c1-3-13-27(35(32,33)22-10-8-21(9-11-22)28(30)31)17-24(29)26(16-23-18(2)12-14-34-23)15-19-4-6-20(25)7-5-19/h3-12,14H,1,13,15-17H2,2H3. The van der Waals surface area contributed by atoms with E-state index in [0.717, 1.165) is 39.0 Å². The van der Waals surface area contributed by atoms with Crippen LogP contribution in [0, 0.1) is 22.9 Å². The van der Waals surface area contributed by atoms with Crippen LogP contribution in [0.5, 0.6) is 0 Å². The summed E-state index contributed by atoms with van der Waals surface area (Å²) in [5, 5.41) is 12.8. The van der Waals surface area contributed by atoms with Gasteiger partial charge in [-0.1, -0.05) is 18.2 Å². The second-order valence-corrected chi connectivity index (χ2v) is 10.7. The summed E-state index contributed by atoms with van der Waals surface area (Å²) in [6.45, 7) is 5.35. The predicted octanol–water partition coefficient (Wildman–Crippen LogP) is 4.51. The Balaban J connectivity index is 1.87. The van der Waals surface area contributed by atoms with Crippen LogP contribution in [-0.4, -0.2) is 41.5 Å². The number of thiophene rings is 1. The van der Waals surface area contributed by atoms with E-state index in [1.165, 1.54) is 34.4 Å². The minimum Gasteiger partial charge on any atom is -0.332 e. The fourth-order valence-electron chi connectivity index (χ4n) is 3.31. The van der Waals surface area contributed by atoms with Gasteiger partial charge in [-0.2, -0.15) is 4.31 Å². The number of rotatable bonds is 11. The molecule has 0 bridgehead atoms. The molecule has 8 nitrogen and oxygen atoms in total. The summed E-state index contributed by atoms with van der Waals surface area (Å²) in [7, 11) is -4.14. The van der Waals surface area contributed by atoms with Crippen molar-refractivity contribution in [1.29, 1.82) is 0 Å². The number of nitro groups is 1. The van der Waals surface area contributed by atoms with E-state index >= 15 is 0 Å². The van der Waals surface area contributed by atoms with Gasteiger partial charge in [-0.25, -0.2) is 12.8 Å². The summed E-state index contributed by atoms with van der Waals surface area (Å²) in [4.78, 5) is 26.0. The minimum absolute atomic E-state index is 0.131. The number of carbonyl (C=O) groups excluding carboxylic acids is 1. The molecule has 0 N–H and O–H groups in total. The van der Waals surface area contributed by atoms with Crippen LogP contribution < -0.4 is 0 Å². The third-order valence-electron chi connectivity index (χ3n) is 5.27. The zero-order chi connectivity index (χ0) is 25.6. The van der Waals surface area contributed by atoms with Crippen LogP contribution >= 0.6 is 11.3 Å². The lowest BCUT2D eigenvalue weighted by atomic mass is 10.2. The molecule has 0 saturated heterocycles. The van der Waals surface area contributed by atoms with Crippen molar-refractivity contribution >= 4 is 33.0 Å². The van der Waals surface area contributed by atoms with E-state index in [2.05, 4.69) is 6.58 Å². The molecule has 3 aromatic rings. The average Bonchev–Trinajstić information content (AvgIpc) is 3.23. The van der Waals surface area contributed by atoms with Crippen molar-refractivity contribution in [3.8, 4) is 0 Å². The zero-order valence-corrected chi connectivity index (χ0v) is 20.6. The van der Waals surface area contributed by atoms with E-state index in [1.54, 1.807) is 12.1 Å². The molecule has 0 fully saturated rings. The summed E-state index contributed by atoms with van der Waals surface area (Å²) in [5.74, 6) is -0.846. The first-order chi connectivity index (χ1) is 16.6. The number of hydrogen-bond donors (Lipinski definition) is 0. The molecule has 2 aromatic carbocycles. The van der Waals surface area contributed by atoms with Crippen molar-refractivity contribution in [3.63, 3.8) is 0 Å². The highest BCUT2D eigenvalue weighted by Gasteiger charge is 2.28. The molecule has 0 saturated carbocycles. The monoisotopic (exact) mass is 517 g/mol. The smallest absolute Gasteiger partial charge is 0.269 e. The highest BCUT2D eigenvalue weighted by molar-refractivity contribution is 7.89. The second-order valence-electron chi connectivity index (χ2n) is 7.74. The van der Waals surface area contributed by atoms with Crippen LogP contribution in [0.4, 0.5) is 10.1 Å². The topological polar surface area (TPSA) is 101 Å². The van der Waals surface area contributed by atoms with Gasteiger partial charge in [0.05, 0.1) is 22.9 Å². The number of aryl methyl sites for hydroxylation is 1. The Morgan fingerprint density at radius 1 is 1.11 bits per heavy atom. The van der Waals surface area contributed by atoms with Crippen LogP contribution in [0.3, 0.4) is 0 Å². The lowest BCUT2D eigenvalue weighted by Gasteiger charge is -2.27. The molecular formula is C24H24FN3O5S2. The fourth-order valence-corrected chi connectivity index (χ4v) is 5.59. The lowest BCUT2D eigenvalue weighted by Crippen LogP contribution is -2.42. The van der Waals surface area contributed by atoms with E-state index < -0.39 is 33.2 Å². The Morgan fingerprint density at radius 2 is 1.77 bits per heavy atom. The van der Waals surface area contributed by atoms with Crippen LogP contribution in [-0.2, 0) is 27.9 Å². The van der Waals surface area contributed by atoms with Crippen LogP contribution in [0.25, 0.3) is 0 Å². The van der Waals surface area contributed by atoms with Crippen LogP contribution in [0.2, 0.25) is 0 Å². The van der Waals surface area contributed by atoms with E-state index in [9.17, 15) is 27.7 Å². The normalized spacial score (nSPS) is 11.4. The Hall–Kier alpha value is -3.41. The molecule has 1 heterocycles. The average molecular weight is 518 g/mol. The fraction of sp³-hybridized carbons (Fsp3) is 0.208. The van der Waals surface area contributed by atoms with Gasteiger partial charge in [-0.3, -0.25) is 14.9 Å². The van der Waals surface area contributed by atoms with Crippen LogP contribution in [0.15, 0.2) is 77.5 Å². The molecule has 0 spiro atoms. The lowest BCUT2D eigenvalue weighted by molar-refractivity contribution is -0.384. The number of halogens is 1. The second kappa shape index (κ2) is 11.3. The highest BCUT2D eigenvalue weighted by Crippen LogP contribution is 2.22. The number of nitro benzene ring substituents is 1. The first-order valence-corrected chi connectivity index (χ1v) is 12.8. The molecule has 0 aliphatic carbocycles. The van der Waals surface area contributed by atoms with Gasteiger partial charge in [0.15, 0.2) is 0 Å². The number of hydrogen-bond acceptors (Lipinski definition) is 6. The number of sulfonamides is 1. The zero-order valence-electron chi connectivity index (χ0n) is 19.0. The molecule has 0 aliphatic rings. The third kappa shape index (κ3) is 6.59. The van der Waals surface area contributed by atoms with Gasteiger partial charge in [0.2, 0.25) is 15.9 Å². The highest BCUT2D eigenvalue weighted by atomic mass is 32.2. The van der Waals surface area contributed by atoms with E-state index in [-0.39, 0.29) is 30.2 Å². The molecule has 0 unspecified atom stereocenters. The summed E-state index contributed by atoms with van der Waals surface area (Å²) >= 11 is 1.49. The molecular weight excluding hydrogens is 493 g/mol. The maximum Gasteiger partial charge on any atom is 0.269 e. The first-order valence-electron chi connectivity index (χ1n) is 10.5. The molecule has 1 aromatic heterocycles. The maximum absolute atomic E-state index is 13.4. The molecule has 0 aliphatic heterocycles. The Bertz CT molecular complexity index is 1310. The number of non-ortho nitro benzene ring substituents is 1. The summed E-state index contributed by atoms with van der Waals surface area (Å²) < 4.78 is 40.8. The Morgan fingerprint density at radius 3 is 2.31 bits per heavy atom. The SMILES string of the molecule is C=CCN(CC(=O)N(Cc1ccc(F)cc1)Cc1sccc1C)S(=O)(=O)c1ccc([N+](=O)[O-])cc1. The van der Waals surface area contributed by atoms with Crippen molar-refractivity contribution in [1.82, 2.24) is 9.21 Å². The van der Waals surface area contributed by atoms with Gasteiger partial charge >= 0.3 is 0 Å². The largest absolute Gasteiger partial charge is 0.332 e. The molecule has 1 amide bonds. The maximum atomic E-state index is 13.4. The van der Waals surface area contributed by atoms with Gasteiger partial charge in [-0.05, 0) is 53.8 Å². The van der Waals surface area contributed by atoms with Crippen molar-refractivity contribution in [3.05, 3.63) is 105 Å². The van der Waals surface area contributed by atoms with Crippen molar-refractivity contribution in [2.45, 2.75) is 24.9 Å². The molecule has 35 heavy (non-hydrogen) atoms. The van der Waals surface area contributed by atoms with Crippen molar-refractivity contribution in [2.24, 2.45) is 0 Å². The molecule has 3 rings (SSSR count).